The summed E-state index contributed by atoms with van der Waals surface area (Å²) in [7, 11) is 4.28. The Hall–Kier alpha value is 0.750. The molecule has 0 radical (unpaired) electrons. The summed E-state index contributed by atoms with van der Waals surface area (Å²) in [6.45, 7) is 3.51. The van der Waals surface area contributed by atoms with E-state index in [9.17, 15) is 0 Å². The van der Waals surface area contributed by atoms with Crippen LogP contribution in [-0.2, 0) is 0 Å². The molecule has 0 amide bonds. The largest absolute Gasteiger partial charge is 1.00 e. The van der Waals surface area contributed by atoms with Crippen LogP contribution in [0.4, 0.5) is 0 Å². The molecule has 0 spiro atoms. The van der Waals surface area contributed by atoms with E-state index in [0.29, 0.717) is 0 Å². The fourth-order valence-electron chi connectivity index (χ4n) is 0.811. The van der Waals surface area contributed by atoms with Crippen molar-refractivity contribution in [1.82, 2.24) is 0 Å². The third-order valence-electron chi connectivity index (χ3n) is 1.47. The normalized spacial score (nSPS) is 9.00. The molecule has 0 aromatic heterocycles. The van der Waals surface area contributed by atoms with E-state index < -0.39 is 0 Å². The summed E-state index contributed by atoms with van der Waals surface area (Å²) in [5.74, 6) is 0. The first-order valence-electron chi connectivity index (χ1n) is 3.34. The van der Waals surface area contributed by atoms with Gasteiger partial charge in [-0.1, -0.05) is 0 Å². The molecular weight excluding hydrogens is 220 g/mol. The molecule has 0 aromatic carbocycles. The lowest BCUT2D eigenvalue weighted by molar-refractivity contribution is -0.887. The quantitative estimate of drug-likeness (QED) is 0.510. The van der Waals surface area contributed by atoms with Gasteiger partial charge in [-0.3, -0.25) is 0 Å². The van der Waals surface area contributed by atoms with Crippen molar-refractivity contribution in [1.29, 1.82) is 0 Å². The molecule has 80 valence electrons. The van der Waals surface area contributed by atoms with Gasteiger partial charge in [0.25, 0.3) is 0 Å². The topological polar surface area (TPSA) is 52.0 Å². The smallest absolute Gasteiger partial charge is 0.0907 e. The second-order valence-electron chi connectivity index (χ2n) is 2.96. The number of halogens is 3. The van der Waals surface area contributed by atoms with Crippen molar-refractivity contribution in [3.8, 4) is 0 Å². The van der Waals surface area contributed by atoms with Crippen LogP contribution in [0.2, 0.25) is 0 Å². The van der Waals surface area contributed by atoms with Gasteiger partial charge in [0.2, 0.25) is 0 Å². The first-order valence-corrected chi connectivity index (χ1v) is 3.34. The first-order chi connectivity index (χ1) is 4.12. The predicted molar refractivity (Wildman–Crippen MR) is 54.4 cm³/mol. The van der Waals surface area contributed by atoms with Gasteiger partial charge in [0.1, 0.15) is 0 Å². The molecule has 0 rings (SSSR count). The highest BCUT2D eigenvalue weighted by molar-refractivity contribution is 5.85. The SMILES string of the molecule is C[N+](C)(CCN)CCN.Cl.Cl.[Cl-]. The predicted octanol–water partition coefficient (Wildman–Crippen LogP) is -3.17. The minimum atomic E-state index is 0. The van der Waals surface area contributed by atoms with E-state index in [-0.39, 0.29) is 37.2 Å². The molecule has 0 aromatic rings. The molecule has 12 heavy (non-hydrogen) atoms. The van der Waals surface area contributed by atoms with E-state index in [1.807, 2.05) is 0 Å². The summed E-state index contributed by atoms with van der Waals surface area (Å²) in [5.41, 5.74) is 10.8. The zero-order valence-electron chi connectivity index (χ0n) is 7.62. The Kier molecular flexibility index (Phi) is 22.5. The summed E-state index contributed by atoms with van der Waals surface area (Å²) >= 11 is 0. The number of nitrogens with two attached hydrogens (primary N) is 2. The zero-order valence-corrected chi connectivity index (χ0v) is 10.0. The van der Waals surface area contributed by atoms with Crippen LogP contribution < -0.4 is 23.9 Å². The van der Waals surface area contributed by atoms with Gasteiger partial charge < -0.3 is 28.4 Å². The maximum Gasteiger partial charge on any atom is 0.0907 e. The Morgan fingerprint density at radius 3 is 1.33 bits per heavy atom. The van der Waals surface area contributed by atoms with Crippen LogP contribution in [0.15, 0.2) is 0 Å². The molecule has 3 nitrogen and oxygen atoms in total. The number of hydrogen-bond acceptors (Lipinski definition) is 2. The molecule has 0 heterocycles. The van der Waals surface area contributed by atoms with Crippen LogP contribution in [0.25, 0.3) is 0 Å². The number of nitrogens with zero attached hydrogens (tertiary/aromatic N) is 1. The van der Waals surface area contributed by atoms with Crippen molar-refractivity contribution in [2.75, 3.05) is 40.3 Å². The summed E-state index contributed by atoms with van der Waals surface area (Å²) in [6, 6.07) is 0. The molecule has 0 aliphatic heterocycles. The molecule has 0 bridgehead atoms. The molecule has 0 atom stereocenters. The second-order valence-corrected chi connectivity index (χ2v) is 2.96. The Labute approximate surface area is 93.7 Å². The molecule has 6 heteroatoms. The highest BCUT2D eigenvalue weighted by atomic mass is 35.5. The van der Waals surface area contributed by atoms with Crippen LogP contribution in [0.1, 0.15) is 0 Å². The van der Waals surface area contributed by atoms with Crippen molar-refractivity contribution >= 4 is 24.8 Å². The molecular formula is C6H20Cl3N3. The maximum atomic E-state index is 5.39. The van der Waals surface area contributed by atoms with Gasteiger partial charge in [0.05, 0.1) is 27.2 Å². The van der Waals surface area contributed by atoms with Gasteiger partial charge in [0, 0.05) is 13.1 Å². The average Bonchev–Trinajstić information content (AvgIpc) is 1.64. The third-order valence-corrected chi connectivity index (χ3v) is 1.47. The van der Waals surface area contributed by atoms with E-state index in [1.165, 1.54) is 0 Å². The van der Waals surface area contributed by atoms with E-state index in [2.05, 4.69) is 14.1 Å². The third kappa shape index (κ3) is 13.3. The van der Waals surface area contributed by atoms with Crippen molar-refractivity contribution < 1.29 is 16.9 Å². The number of likely N-dealkylation sites (N-methyl/N-ethyl adjacent to an activating group) is 1. The van der Waals surface area contributed by atoms with Crippen LogP contribution in [0.5, 0.6) is 0 Å². The van der Waals surface area contributed by atoms with Crippen LogP contribution in [-0.4, -0.2) is 44.8 Å². The highest BCUT2D eigenvalue weighted by Gasteiger charge is 2.10. The number of quaternary nitrogens is 1. The molecule has 0 aliphatic carbocycles. The van der Waals surface area contributed by atoms with E-state index in [1.54, 1.807) is 0 Å². The zero-order chi connectivity index (χ0) is 7.33. The summed E-state index contributed by atoms with van der Waals surface area (Å²) < 4.78 is 0.938. The van der Waals surface area contributed by atoms with Gasteiger partial charge >= 0.3 is 0 Å². The Bertz CT molecular complexity index is 72.4. The van der Waals surface area contributed by atoms with Gasteiger partial charge in [-0.15, -0.1) is 24.8 Å². The number of hydrogen-bond donors (Lipinski definition) is 2. The van der Waals surface area contributed by atoms with Gasteiger partial charge in [-0.2, -0.15) is 0 Å². The lowest BCUT2D eigenvalue weighted by Crippen LogP contribution is -3.00. The number of rotatable bonds is 4. The van der Waals surface area contributed by atoms with E-state index in [4.69, 9.17) is 11.5 Å². The van der Waals surface area contributed by atoms with E-state index >= 15 is 0 Å². The average molecular weight is 241 g/mol. The molecule has 0 fully saturated rings. The Morgan fingerprint density at radius 1 is 0.917 bits per heavy atom. The van der Waals surface area contributed by atoms with Crippen LogP contribution in [0.3, 0.4) is 0 Å². The summed E-state index contributed by atoms with van der Waals surface area (Å²) in [5, 5.41) is 0. The van der Waals surface area contributed by atoms with Crippen molar-refractivity contribution in [3.63, 3.8) is 0 Å². The van der Waals surface area contributed by atoms with Crippen molar-refractivity contribution in [3.05, 3.63) is 0 Å². The maximum absolute atomic E-state index is 5.39. The first kappa shape index (κ1) is 23.0. The van der Waals surface area contributed by atoms with Gasteiger partial charge in [0.15, 0.2) is 0 Å². The summed E-state index contributed by atoms with van der Waals surface area (Å²) in [4.78, 5) is 0. The van der Waals surface area contributed by atoms with Crippen LogP contribution >= 0.6 is 24.8 Å². The van der Waals surface area contributed by atoms with Gasteiger partial charge in [-0.05, 0) is 0 Å². The standard InChI is InChI=1S/C6H18N3.3ClH/c1-9(2,5-3-7)6-4-8;;;/h3-8H2,1-2H3;3*1H/q+1;;;/p-1. The monoisotopic (exact) mass is 239 g/mol. The second kappa shape index (κ2) is 11.8. The molecule has 0 saturated heterocycles. The van der Waals surface area contributed by atoms with Crippen LogP contribution in [0, 0.1) is 0 Å². The molecule has 0 saturated carbocycles. The lowest BCUT2D eigenvalue weighted by atomic mass is 10.4. The molecule has 0 unspecified atom stereocenters. The minimum absolute atomic E-state index is 0. The highest BCUT2D eigenvalue weighted by Crippen LogP contribution is 1.91. The molecule has 0 aliphatic rings. The lowest BCUT2D eigenvalue weighted by Gasteiger charge is -2.28. The minimum Gasteiger partial charge on any atom is -1.00 e. The summed E-state index contributed by atoms with van der Waals surface area (Å²) in [6.07, 6.45) is 0. The van der Waals surface area contributed by atoms with Crippen molar-refractivity contribution in [2.45, 2.75) is 0 Å². The fourth-order valence-corrected chi connectivity index (χ4v) is 0.811. The Balaban J connectivity index is -0.000000107. The van der Waals surface area contributed by atoms with Gasteiger partial charge in [-0.25, -0.2) is 0 Å². The molecule has 4 N–H and O–H groups in total. The van der Waals surface area contributed by atoms with Crippen molar-refractivity contribution in [2.24, 2.45) is 11.5 Å². The Morgan fingerprint density at radius 2 is 1.17 bits per heavy atom. The fraction of sp³-hybridized carbons (Fsp3) is 1.00. The van der Waals surface area contributed by atoms with E-state index in [0.717, 1.165) is 30.7 Å².